The van der Waals surface area contributed by atoms with E-state index < -0.39 is 11.8 Å². The molecule has 2 rings (SSSR count). The largest absolute Gasteiger partial charge is 0.478 e. The molecule has 0 amide bonds. The van der Waals surface area contributed by atoms with Gasteiger partial charge in [-0.15, -0.1) is 0 Å². The van der Waals surface area contributed by atoms with E-state index in [0.717, 1.165) is 0 Å². The molecule has 0 bridgehead atoms. The van der Waals surface area contributed by atoms with Crippen LogP contribution in [0.5, 0.6) is 0 Å². The Morgan fingerprint density at radius 2 is 2.05 bits per heavy atom. The number of carboxylic acid groups (broad SMARTS) is 1. The fourth-order valence-electron chi connectivity index (χ4n) is 1.90. The minimum Gasteiger partial charge on any atom is -0.478 e. The predicted molar refractivity (Wildman–Crippen MR) is 70.4 cm³/mol. The van der Waals surface area contributed by atoms with Gasteiger partial charge >= 0.3 is 5.97 Å². The standard InChI is InChI=1S/C14H13FN2O2/c1-8-6-9(2)16-13(12(8)14(18)19)17-11-5-3-4-10(15)7-11/h3-7H,1-2H3,(H,16,17)(H,18,19). The number of hydrogen-bond donors (Lipinski definition) is 2. The Kier molecular flexibility index (Phi) is 3.46. The lowest BCUT2D eigenvalue weighted by atomic mass is 10.1. The van der Waals surface area contributed by atoms with Crippen molar-refractivity contribution < 1.29 is 14.3 Å². The van der Waals surface area contributed by atoms with Gasteiger partial charge in [0.2, 0.25) is 0 Å². The summed E-state index contributed by atoms with van der Waals surface area (Å²) < 4.78 is 13.1. The minimum absolute atomic E-state index is 0.0925. The number of rotatable bonds is 3. The number of aryl methyl sites for hydroxylation is 2. The molecule has 0 fully saturated rings. The lowest BCUT2D eigenvalue weighted by Crippen LogP contribution is -2.08. The van der Waals surface area contributed by atoms with Gasteiger partial charge in [0, 0.05) is 11.4 Å². The Morgan fingerprint density at radius 3 is 2.68 bits per heavy atom. The molecular formula is C14H13FN2O2. The molecule has 19 heavy (non-hydrogen) atoms. The second-order valence-corrected chi connectivity index (χ2v) is 4.24. The van der Waals surface area contributed by atoms with Crippen LogP contribution in [0.4, 0.5) is 15.9 Å². The van der Waals surface area contributed by atoms with Crippen LogP contribution < -0.4 is 5.32 Å². The van der Waals surface area contributed by atoms with Crippen molar-refractivity contribution in [2.24, 2.45) is 0 Å². The number of halogens is 1. The van der Waals surface area contributed by atoms with Gasteiger partial charge in [0.1, 0.15) is 17.2 Å². The van der Waals surface area contributed by atoms with Crippen LogP contribution in [0.3, 0.4) is 0 Å². The number of anilines is 2. The topological polar surface area (TPSA) is 62.2 Å². The molecule has 1 heterocycles. The number of benzene rings is 1. The summed E-state index contributed by atoms with van der Waals surface area (Å²) in [6, 6.07) is 7.48. The monoisotopic (exact) mass is 260 g/mol. The number of nitrogens with one attached hydrogen (secondary N) is 1. The van der Waals surface area contributed by atoms with Crippen molar-refractivity contribution in [2.45, 2.75) is 13.8 Å². The maximum absolute atomic E-state index is 13.1. The number of pyridine rings is 1. The SMILES string of the molecule is Cc1cc(C)c(C(=O)O)c(Nc2cccc(F)c2)n1. The molecule has 0 unspecified atom stereocenters. The summed E-state index contributed by atoms with van der Waals surface area (Å²) in [5, 5.41) is 12.1. The van der Waals surface area contributed by atoms with E-state index in [9.17, 15) is 14.3 Å². The lowest BCUT2D eigenvalue weighted by Gasteiger charge is -2.12. The molecule has 98 valence electrons. The highest BCUT2D eigenvalue weighted by Crippen LogP contribution is 2.23. The second kappa shape index (κ2) is 5.06. The van der Waals surface area contributed by atoms with E-state index in [0.29, 0.717) is 16.9 Å². The number of carboxylic acids is 1. The summed E-state index contributed by atoms with van der Waals surface area (Å²) in [5.41, 5.74) is 1.86. The van der Waals surface area contributed by atoms with Crippen LogP contribution in [0.2, 0.25) is 0 Å². The molecule has 1 aromatic heterocycles. The van der Waals surface area contributed by atoms with Gasteiger partial charge in [-0.25, -0.2) is 14.2 Å². The first kappa shape index (κ1) is 13.0. The first-order valence-corrected chi connectivity index (χ1v) is 5.71. The zero-order valence-corrected chi connectivity index (χ0v) is 10.6. The van der Waals surface area contributed by atoms with Crippen LogP contribution in [0, 0.1) is 19.7 Å². The van der Waals surface area contributed by atoms with Crippen LogP contribution in [-0.2, 0) is 0 Å². The highest BCUT2D eigenvalue weighted by Gasteiger charge is 2.15. The van der Waals surface area contributed by atoms with Crippen LogP contribution in [0.25, 0.3) is 0 Å². The summed E-state index contributed by atoms with van der Waals surface area (Å²) in [7, 11) is 0. The highest BCUT2D eigenvalue weighted by molar-refractivity contribution is 5.95. The van der Waals surface area contributed by atoms with Crippen molar-refractivity contribution in [1.29, 1.82) is 0 Å². The van der Waals surface area contributed by atoms with Crippen LogP contribution >= 0.6 is 0 Å². The predicted octanol–water partition coefficient (Wildman–Crippen LogP) is 3.28. The summed E-state index contributed by atoms with van der Waals surface area (Å²) in [6.45, 7) is 3.48. The number of aromatic nitrogens is 1. The molecule has 0 saturated heterocycles. The number of nitrogens with zero attached hydrogens (tertiary/aromatic N) is 1. The average molecular weight is 260 g/mol. The smallest absolute Gasteiger partial charge is 0.339 e. The van der Waals surface area contributed by atoms with Crippen molar-refractivity contribution in [3.63, 3.8) is 0 Å². The molecule has 0 saturated carbocycles. The van der Waals surface area contributed by atoms with E-state index in [1.54, 1.807) is 32.0 Å². The van der Waals surface area contributed by atoms with Gasteiger partial charge in [0.05, 0.1) is 0 Å². The van der Waals surface area contributed by atoms with Crippen LogP contribution in [-0.4, -0.2) is 16.1 Å². The molecule has 0 aliphatic carbocycles. The van der Waals surface area contributed by atoms with Gasteiger partial charge in [-0.3, -0.25) is 0 Å². The van der Waals surface area contributed by atoms with Crippen molar-refractivity contribution in [3.05, 3.63) is 53.0 Å². The first-order valence-electron chi connectivity index (χ1n) is 5.71. The van der Waals surface area contributed by atoms with Crippen molar-refractivity contribution in [3.8, 4) is 0 Å². The molecule has 5 heteroatoms. The molecule has 2 aromatic rings. The van der Waals surface area contributed by atoms with Gasteiger partial charge in [-0.1, -0.05) is 6.07 Å². The molecule has 1 aromatic carbocycles. The van der Waals surface area contributed by atoms with Gasteiger partial charge < -0.3 is 10.4 Å². The maximum atomic E-state index is 13.1. The summed E-state index contributed by atoms with van der Waals surface area (Å²) in [6.07, 6.45) is 0. The van der Waals surface area contributed by atoms with E-state index in [-0.39, 0.29) is 11.4 Å². The zero-order chi connectivity index (χ0) is 14.0. The molecule has 0 spiro atoms. The van der Waals surface area contributed by atoms with Crippen LogP contribution in [0.15, 0.2) is 30.3 Å². The molecule has 0 aliphatic rings. The summed E-state index contributed by atoms with van der Waals surface area (Å²) in [5.74, 6) is -1.24. The fraction of sp³-hybridized carbons (Fsp3) is 0.143. The number of aromatic carboxylic acids is 1. The van der Waals surface area contributed by atoms with Gasteiger partial charge in [-0.05, 0) is 43.7 Å². The number of hydrogen-bond acceptors (Lipinski definition) is 3. The van der Waals surface area contributed by atoms with E-state index in [4.69, 9.17) is 0 Å². The molecule has 0 radical (unpaired) electrons. The second-order valence-electron chi connectivity index (χ2n) is 4.24. The summed E-state index contributed by atoms with van der Waals surface area (Å²) in [4.78, 5) is 15.4. The third kappa shape index (κ3) is 2.88. The van der Waals surface area contributed by atoms with Crippen molar-refractivity contribution in [2.75, 3.05) is 5.32 Å². The Balaban J connectivity index is 2.47. The van der Waals surface area contributed by atoms with E-state index >= 15 is 0 Å². The molecular weight excluding hydrogens is 247 g/mol. The van der Waals surface area contributed by atoms with E-state index in [1.165, 1.54) is 12.1 Å². The highest BCUT2D eigenvalue weighted by atomic mass is 19.1. The lowest BCUT2D eigenvalue weighted by molar-refractivity contribution is 0.0697. The van der Waals surface area contributed by atoms with Crippen LogP contribution in [0.1, 0.15) is 21.6 Å². The number of carbonyl (C=O) groups is 1. The van der Waals surface area contributed by atoms with Crippen molar-refractivity contribution in [1.82, 2.24) is 4.98 Å². The maximum Gasteiger partial charge on any atom is 0.339 e. The zero-order valence-electron chi connectivity index (χ0n) is 10.6. The molecule has 4 nitrogen and oxygen atoms in total. The first-order chi connectivity index (χ1) is 8.97. The van der Waals surface area contributed by atoms with Crippen molar-refractivity contribution >= 4 is 17.5 Å². The quantitative estimate of drug-likeness (QED) is 0.889. The minimum atomic E-state index is -1.07. The Bertz CT molecular complexity index is 641. The Hall–Kier alpha value is -2.43. The molecule has 0 atom stereocenters. The fourth-order valence-corrected chi connectivity index (χ4v) is 1.90. The van der Waals surface area contributed by atoms with E-state index in [1.807, 2.05) is 0 Å². The molecule has 0 aliphatic heterocycles. The van der Waals surface area contributed by atoms with Gasteiger partial charge in [0.15, 0.2) is 0 Å². The Labute approximate surface area is 109 Å². The third-order valence-electron chi connectivity index (χ3n) is 2.65. The van der Waals surface area contributed by atoms with Gasteiger partial charge in [-0.2, -0.15) is 0 Å². The van der Waals surface area contributed by atoms with Gasteiger partial charge in [0.25, 0.3) is 0 Å². The normalized spacial score (nSPS) is 10.3. The Morgan fingerprint density at radius 1 is 1.32 bits per heavy atom. The third-order valence-corrected chi connectivity index (χ3v) is 2.65. The average Bonchev–Trinajstić information content (AvgIpc) is 2.26. The van der Waals surface area contributed by atoms with E-state index in [2.05, 4.69) is 10.3 Å². The molecule has 2 N–H and O–H groups in total. The summed E-state index contributed by atoms with van der Waals surface area (Å²) >= 11 is 0.